The quantitative estimate of drug-likeness (QED) is 0.843. The van der Waals surface area contributed by atoms with Crippen molar-refractivity contribution < 1.29 is 0 Å². The zero-order valence-electron chi connectivity index (χ0n) is 10.4. The molecule has 2 aliphatic rings. The van der Waals surface area contributed by atoms with E-state index in [1.54, 1.807) is 5.56 Å². The van der Waals surface area contributed by atoms with Crippen molar-refractivity contribution >= 4 is 0 Å². The van der Waals surface area contributed by atoms with E-state index in [2.05, 4.69) is 29.2 Å². The van der Waals surface area contributed by atoms with Crippen molar-refractivity contribution in [2.24, 2.45) is 11.7 Å². The molecule has 0 spiro atoms. The van der Waals surface area contributed by atoms with E-state index in [0.717, 1.165) is 12.5 Å². The first-order valence-electron chi connectivity index (χ1n) is 6.86. The second-order valence-corrected chi connectivity index (χ2v) is 5.69. The summed E-state index contributed by atoms with van der Waals surface area (Å²) in [6.45, 7) is 3.62. The molecular weight excluding hydrogens is 208 g/mol. The Hall–Kier alpha value is -0.860. The molecule has 1 aliphatic heterocycles. The van der Waals surface area contributed by atoms with Crippen LogP contribution in [-0.4, -0.2) is 24.0 Å². The fourth-order valence-electron chi connectivity index (χ4n) is 3.35. The van der Waals surface area contributed by atoms with Crippen LogP contribution in [0.3, 0.4) is 0 Å². The molecule has 1 saturated carbocycles. The first-order chi connectivity index (χ1) is 8.31. The predicted molar refractivity (Wildman–Crippen MR) is 70.7 cm³/mol. The maximum absolute atomic E-state index is 5.99. The van der Waals surface area contributed by atoms with E-state index < -0.39 is 0 Å². The van der Waals surface area contributed by atoms with Crippen molar-refractivity contribution in [3.05, 3.63) is 35.4 Å². The molecule has 1 aromatic carbocycles. The van der Waals surface area contributed by atoms with E-state index in [-0.39, 0.29) is 0 Å². The maximum atomic E-state index is 5.99. The number of nitrogens with two attached hydrogens (primary N) is 1. The minimum atomic E-state index is 0.470. The molecule has 0 aromatic heterocycles. The number of hydrogen-bond acceptors (Lipinski definition) is 2. The molecular formula is C15H22N2. The van der Waals surface area contributed by atoms with Crippen molar-refractivity contribution in [3.63, 3.8) is 0 Å². The lowest BCUT2D eigenvalue weighted by molar-refractivity contribution is 0.214. The Labute approximate surface area is 104 Å². The van der Waals surface area contributed by atoms with E-state index >= 15 is 0 Å². The summed E-state index contributed by atoms with van der Waals surface area (Å²) in [5.41, 5.74) is 9.07. The molecule has 2 heteroatoms. The minimum absolute atomic E-state index is 0.470. The summed E-state index contributed by atoms with van der Waals surface area (Å²) in [5.74, 6) is 0.843. The minimum Gasteiger partial charge on any atom is -0.328 e. The van der Waals surface area contributed by atoms with Crippen molar-refractivity contribution in [2.45, 2.75) is 38.3 Å². The van der Waals surface area contributed by atoms with Gasteiger partial charge in [0.15, 0.2) is 0 Å². The highest BCUT2D eigenvalue weighted by Gasteiger charge is 2.25. The summed E-state index contributed by atoms with van der Waals surface area (Å²) in [6.07, 6.45) is 5.02. The molecule has 0 bridgehead atoms. The maximum Gasteiger partial charge on any atom is 0.0236 e. The van der Waals surface area contributed by atoms with Gasteiger partial charge in [-0.05, 0) is 42.7 Å². The summed E-state index contributed by atoms with van der Waals surface area (Å²) in [7, 11) is 0. The van der Waals surface area contributed by atoms with Gasteiger partial charge in [-0.15, -0.1) is 0 Å². The molecule has 17 heavy (non-hydrogen) atoms. The predicted octanol–water partition coefficient (Wildman–Crippen LogP) is 2.17. The van der Waals surface area contributed by atoms with E-state index in [9.17, 15) is 0 Å². The summed E-state index contributed by atoms with van der Waals surface area (Å²) in [5, 5.41) is 0. The molecule has 0 unspecified atom stereocenters. The van der Waals surface area contributed by atoms with Crippen molar-refractivity contribution in [1.29, 1.82) is 0 Å². The largest absolute Gasteiger partial charge is 0.328 e. The lowest BCUT2D eigenvalue weighted by Crippen LogP contribution is -2.34. The van der Waals surface area contributed by atoms with Crippen LogP contribution in [0.5, 0.6) is 0 Å². The van der Waals surface area contributed by atoms with Crippen LogP contribution < -0.4 is 5.73 Å². The van der Waals surface area contributed by atoms with Gasteiger partial charge in [0.05, 0.1) is 0 Å². The van der Waals surface area contributed by atoms with Gasteiger partial charge in [-0.1, -0.05) is 24.3 Å². The Morgan fingerprint density at radius 3 is 2.76 bits per heavy atom. The van der Waals surface area contributed by atoms with Gasteiger partial charge in [0.2, 0.25) is 0 Å². The second-order valence-electron chi connectivity index (χ2n) is 5.69. The molecule has 1 heterocycles. The smallest absolute Gasteiger partial charge is 0.0236 e. The Morgan fingerprint density at radius 2 is 2.00 bits per heavy atom. The molecule has 0 amide bonds. The Bertz CT molecular complexity index is 388. The van der Waals surface area contributed by atoms with E-state index in [1.165, 1.54) is 44.3 Å². The number of nitrogens with zero attached hydrogens (tertiary/aromatic N) is 1. The van der Waals surface area contributed by atoms with E-state index in [4.69, 9.17) is 5.73 Å². The normalized spacial score (nSPS) is 29.2. The highest BCUT2D eigenvalue weighted by atomic mass is 15.1. The second kappa shape index (κ2) is 4.79. The van der Waals surface area contributed by atoms with Crippen LogP contribution in [-0.2, 0) is 13.0 Å². The van der Waals surface area contributed by atoms with Crippen LogP contribution in [0.1, 0.15) is 30.4 Å². The molecule has 2 atom stereocenters. The molecule has 1 fully saturated rings. The highest BCUT2D eigenvalue weighted by Crippen LogP contribution is 2.27. The third-order valence-corrected chi connectivity index (χ3v) is 4.31. The zero-order chi connectivity index (χ0) is 11.7. The SMILES string of the molecule is N[C@@H]1CC[C@H](CN2CCc3ccccc3C2)C1. The van der Waals surface area contributed by atoms with Crippen LogP contribution in [0.25, 0.3) is 0 Å². The van der Waals surface area contributed by atoms with Crippen LogP contribution in [0.15, 0.2) is 24.3 Å². The van der Waals surface area contributed by atoms with Gasteiger partial charge in [0.1, 0.15) is 0 Å². The van der Waals surface area contributed by atoms with Gasteiger partial charge in [0, 0.05) is 25.7 Å². The van der Waals surface area contributed by atoms with Crippen LogP contribution in [0.4, 0.5) is 0 Å². The Morgan fingerprint density at radius 1 is 1.18 bits per heavy atom. The number of rotatable bonds is 2. The van der Waals surface area contributed by atoms with Gasteiger partial charge in [0.25, 0.3) is 0 Å². The van der Waals surface area contributed by atoms with Crippen molar-refractivity contribution in [1.82, 2.24) is 4.90 Å². The molecule has 0 saturated heterocycles. The summed E-state index contributed by atoms with van der Waals surface area (Å²) in [6, 6.07) is 9.34. The van der Waals surface area contributed by atoms with Gasteiger partial charge in [-0.25, -0.2) is 0 Å². The molecule has 0 radical (unpaired) electrons. The summed E-state index contributed by atoms with van der Waals surface area (Å²) >= 11 is 0. The third kappa shape index (κ3) is 2.53. The van der Waals surface area contributed by atoms with Gasteiger partial charge in [-0.2, -0.15) is 0 Å². The monoisotopic (exact) mass is 230 g/mol. The fraction of sp³-hybridized carbons (Fsp3) is 0.600. The lowest BCUT2D eigenvalue weighted by Gasteiger charge is -2.30. The molecule has 2 nitrogen and oxygen atoms in total. The Kier molecular flexibility index (Phi) is 3.17. The zero-order valence-corrected chi connectivity index (χ0v) is 10.4. The standard InChI is InChI=1S/C15H22N2/c16-15-6-5-12(9-15)10-17-8-7-13-3-1-2-4-14(13)11-17/h1-4,12,15H,5-11,16H2/t12-,15+/m0/s1. The molecule has 2 N–H and O–H groups in total. The first kappa shape index (κ1) is 11.2. The number of benzene rings is 1. The van der Waals surface area contributed by atoms with Gasteiger partial charge >= 0.3 is 0 Å². The Balaban J connectivity index is 1.61. The molecule has 92 valence electrons. The third-order valence-electron chi connectivity index (χ3n) is 4.31. The molecule has 1 aliphatic carbocycles. The summed E-state index contributed by atoms with van der Waals surface area (Å²) < 4.78 is 0. The summed E-state index contributed by atoms with van der Waals surface area (Å²) in [4.78, 5) is 2.62. The topological polar surface area (TPSA) is 29.3 Å². The molecule has 1 aromatic rings. The van der Waals surface area contributed by atoms with Crippen LogP contribution in [0.2, 0.25) is 0 Å². The van der Waals surface area contributed by atoms with Crippen LogP contribution >= 0.6 is 0 Å². The van der Waals surface area contributed by atoms with E-state index in [1.807, 2.05) is 0 Å². The average molecular weight is 230 g/mol. The van der Waals surface area contributed by atoms with Gasteiger partial charge in [-0.3, -0.25) is 4.90 Å². The fourth-order valence-corrected chi connectivity index (χ4v) is 3.35. The number of hydrogen-bond donors (Lipinski definition) is 1. The van der Waals surface area contributed by atoms with Crippen molar-refractivity contribution in [2.75, 3.05) is 13.1 Å². The van der Waals surface area contributed by atoms with Gasteiger partial charge < -0.3 is 5.73 Å². The number of fused-ring (bicyclic) bond motifs is 1. The molecule has 3 rings (SSSR count). The van der Waals surface area contributed by atoms with Crippen LogP contribution in [0, 0.1) is 5.92 Å². The average Bonchev–Trinajstić information content (AvgIpc) is 2.75. The van der Waals surface area contributed by atoms with Crippen molar-refractivity contribution in [3.8, 4) is 0 Å². The lowest BCUT2D eigenvalue weighted by atomic mass is 9.98. The van der Waals surface area contributed by atoms with E-state index in [0.29, 0.717) is 6.04 Å². The highest BCUT2D eigenvalue weighted by molar-refractivity contribution is 5.29. The first-order valence-corrected chi connectivity index (χ1v) is 6.86.